The third kappa shape index (κ3) is 5.19. The zero-order valence-corrected chi connectivity index (χ0v) is 13.1. The molecule has 6 nitrogen and oxygen atoms in total. The van der Waals surface area contributed by atoms with E-state index < -0.39 is 24.0 Å². The summed E-state index contributed by atoms with van der Waals surface area (Å²) in [6.45, 7) is -0.144. The van der Waals surface area contributed by atoms with Crippen LogP contribution in [0.15, 0.2) is 60.7 Å². The molecule has 2 aromatic carbocycles. The van der Waals surface area contributed by atoms with Crippen LogP contribution in [-0.2, 0) is 9.59 Å². The summed E-state index contributed by atoms with van der Waals surface area (Å²) in [6.07, 6.45) is -1.78. The van der Waals surface area contributed by atoms with Crippen molar-refractivity contribution in [2.45, 2.75) is 12.2 Å². The Labute approximate surface area is 140 Å². The number of nitrogens with one attached hydrogen (secondary N) is 2. The maximum absolute atomic E-state index is 11.7. The van der Waals surface area contributed by atoms with Crippen LogP contribution < -0.4 is 10.6 Å². The van der Waals surface area contributed by atoms with Crippen molar-refractivity contribution in [3.63, 3.8) is 0 Å². The second-order valence-corrected chi connectivity index (χ2v) is 5.27. The van der Waals surface area contributed by atoms with Gasteiger partial charge in [0.05, 0.1) is 12.2 Å². The van der Waals surface area contributed by atoms with Gasteiger partial charge in [-0.1, -0.05) is 60.7 Å². The molecule has 4 N–H and O–H groups in total. The summed E-state index contributed by atoms with van der Waals surface area (Å²) in [5.41, 5.74) is 1.30. The lowest BCUT2D eigenvalue weighted by Gasteiger charge is -2.14. The van der Waals surface area contributed by atoms with Gasteiger partial charge in [0.1, 0.15) is 0 Å². The van der Waals surface area contributed by atoms with E-state index in [-0.39, 0.29) is 13.1 Å². The number of carbonyl (C=O) groups is 2. The van der Waals surface area contributed by atoms with Gasteiger partial charge in [-0.3, -0.25) is 9.59 Å². The van der Waals surface area contributed by atoms with E-state index in [4.69, 9.17) is 0 Å². The Balaban J connectivity index is 1.75. The number of aliphatic hydroxyl groups is 2. The number of hydrogen-bond acceptors (Lipinski definition) is 4. The predicted octanol–water partition coefficient (Wildman–Crippen LogP) is 0.686. The van der Waals surface area contributed by atoms with E-state index in [0.717, 1.165) is 0 Å². The fraction of sp³-hybridized carbons (Fsp3) is 0.222. The zero-order chi connectivity index (χ0) is 17.4. The minimum Gasteiger partial charge on any atom is -0.387 e. The van der Waals surface area contributed by atoms with E-state index in [1.54, 1.807) is 48.5 Å². The van der Waals surface area contributed by atoms with Gasteiger partial charge >= 0.3 is 11.8 Å². The molecule has 24 heavy (non-hydrogen) atoms. The summed E-state index contributed by atoms with van der Waals surface area (Å²) in [5, 5.41) is 24.6. The molecule has 6 heteroatoms. The van der Waals surface area contributed by atoms with Crippen molar-refractivity contribution in [1.82, 2.24) is 10.6 Å². The SMILES string of the molecule is O=C(NC[C@@H](O)c1ccccc1)C(=O)NC[C@H](O)c1ccccc1. The molecule has 0 bridgehead atoms. The van der Waals surface area contributed by atoms with E-state index in [1.807, 2.05) is 12.1 Å². The first kappa shape index (κ1) is 17.7. The van der Waals surface area contributed by atoms with Crippen molar-refractivity contribution in [2.24, 2.45) is 0 Å². The first-order valence-corrected chi connectivity index (χ1v) is 7.60. The highest BCUT2D eigenvalue weighted by Gasteiger charge is 2.17. The van der Waals surface area contributed by atoms with Gasteiger partial charge < -0.3 is 20.8 Å². The minimum absolute atomic E-state index is 0.0719. The number of hydrogen-bond donors (Lipinski definition) is 4. The van der Waals surface area contributed by atoms with Crippen LogP contribution in [0.5, 0.6) is 0 Å². The quantitative estimate of drug-likeness (QED) is 0.586. The maximum atomic E-state index is 11.7. The molecule has 0 aliphatic carbocycles. The summed E-state index contributed by atoms with van der Waals surface area (Å²) in [4.78, 5) is 23.4. The Morgan fingerprint density at radius 2 is 1.04 bits per heavy atom. The molecule has 0 saturated carbocycles. The number of aliphatic hydroxyl groups excluding tert-OH is 2. The first-order valence-electron chi connectivity index (χ1n) is 7.60. The van der Waals surface area contributed by atoms with E-state index in [2.05, 4.69) is 10.6 Å². The normalized spacial score (nSPS) is 12.9. The lowest BCUT2D eigenvalue weighted by molar-refractivity contribution is -0.139. The van der Waals surface area contributed by atoms with E-state index in [1.165, 1.54) is 0 Å². The van der Waals surface area contributed by atoms with Crippen LogP contribution >= 0.6 is 0 Å². The molecule has 2 atom stereocenters. The molecule has 0 fully saturated rings. The topological polar surface area (TPSA) is 98.7 Å². The Hall–Kier alpha value is -2.70. The number of benzene rings is 2. The molecule has 126 valence electrons. The molecule has 2 rings (SSSR count). The van der Waals surface area contributed by atoms with E-state index >= 15 is 0 Å². The Morgan fingerprint density at radius 3 is 1.38 bits per heavy atom. The lowest BCUT2D eigenvalue weighted by Crippen LogP contribution is -2.42. The fourth-order valence-corrected chi connectivity index (χ4v) is 2.13. The second kappa shape index (κ2) is 8.81. The highest BCUT2D eigenvalue weighted by molar-refractivity contribution is 6.35. The van der Waals surface area contributed by atoms with Gasteiger partial charge in [-0.2, -0.15) is 0 Å². The Bertz CT molecular complexity index is 602. The molecular formula is C18H20N2O4. The van der Waals surface area contributed by atoms with Crippen molar-refractivity contribution < 1.29 is 19.8 Å². The molecule has 0 heterocycles. The fourth-order valence-electron chi connectivity index (χ4n) is 2.13. The molecule has 0 aliphatic heterocycles. The van der Waals surface area contributed by atoms with Crippen LogP contribution in [0.3, 0.4) is 0 Å². The van der Waals surface area contributed by atoms with Crippen LogP contribution in [-0.4, -0.2) is 35.1 Å². The van der Waals surface area contributed by atoms with Crippen molar-refractivity contribution in [3.8, 4) is 0 Å². The second-order valence-electron chi connectivity index (χ2n) is 5.27. The van der Waals surface area contributed by atoms with Crippen molar-refractivity contribution in [2.75, 3.05) is 13.1 Å². The molecule has 2 amide bonds. The predicted molar refractivity (Wildman–Crippen MR) is 88.8 cm³/mol. The van der Waals surface area contributed by atoms with Crippen LogP contribution in [0.4, 0.5) is 0 Å². The van der Waals surface area contributed by atoms with Gasteiger partial charge in [0.25, 0.3) is 0 Å². The zero-order valence-electron chi connectivity index (χ0n) is 13.1. The van der Waals surface area contributed by atoms with Gasteiger partial charge in [0.2, 0.25) is 0 Å². The third-order valence-corrected chi connectivity index (χ3v) is 3.49. The molecule has 0 radical (unpaired) electrons. The molecule has 0 aromatic heterocycles. The van der Waals surface area contributed by atoms with Crippen LogP contribution in [0.25, 0.3) is 0 Å². The van der Waals surface area contributed by atoms with Gasteiger partial charge in [0, 0.05) is 13.1 Å². The lowest BCUT2D eigenvalue weighted by atomic mass is 10.1. The molecule has 0 aliphatic rings. The molecule has 0 spiro atoms. The third-order valence-electron chi connectivity index (χ3n) is 3.49. The average molecular weight is 328 g/mol. The van der Waals surface area contributed by atoms with Crippen LogP contribution in [0.1, 0.15) is 23.3 Å². The average Bonchev–Trinajstić information content (AvgIpc) is 2.64. The van der Waals surface area contributed by atoms with Crippen LogP contribution in [0.2, 0.25) is 0 Å². The van der Waals surface area contributed by atoms with E-state index in [9.17, 15) is 19.8 Å². The van der Waals surface area contributed by atoms with Crippen molar-refractivity contribution in [3.05, 3.63) is 71.8 Å². The summed E-state index contributed by atoms with van der Waals surface area (Å²) in [7, 11) is 0. The first-order chi connectivity index (χ1) is 11.6. The van der Waals surface area contributed by atoms with Gasteiger partial charge in [-0.25, -0.2) is 0 Å². The largest absolute Gasteiger partial charge is 0.387 e. The minimum atomic E-state index is -0.891. The standard InChI is InChI=1S/C18H20N2O4/c21-15(13-7-3-1-4-8-13)11-19-17(23)18(24)20-12-16(22)14-9-5-2-6-10-14/h1-10,15-16,21-22H,11-12H2,(H,19,23)(H,20,24)/t15-,16+. The molecular weight excluding hydrogens is 308 g/mol. The highest BCUT2D eigenvalue weighted by Crippen LogP contribution is 2.11. The Kier molecular flexibility index (Phi) is 6.48. The van der Waals surface area contributed by atoms with Gasteiger partial charge in [0.15, 0.2) is 0 Å². The Morgan fingerprint density at radius 1 is 0.708 bits per heavy atom. The summed E-state index contributed by atoms with van der Waals surface area (Å²) in [6, 6.07) is 17.7. The number of rotatable bonds is 6. The van der Waals surface area contributed by atoms with Gasteiger partial charge in [-0.15, -0.1) is 0 Å². The van der Waals surface area contributed by atoms with Crippen LogP contribution in [0, 0.1) is 0 Å². The summed E-state index contributed by atoms with van der Waals surface area (Å²) < 4.78 is 0. The number of carbonyl (C=O) groups excluding carboxylic acids is 2. The van der Waals surface area contributed by atoms with E-state index in [0.29, 0.717) is 11.1 Å². The molecule has 0 saturated heterocycles. The van der Waals surface area contributed by atoms with Crippen molar-refractivity contribution >= 4 is 11.8 Å². The van der Waals surface area contributed by atoms with Crippen molar-refractivity contribution in [1.29, 1.82) is 0 Å². The van der Waals surface area contributed by atoms with Gasteiger partial charge in [-0.05, 0) is 11.1 Å². The smallest absolute Gasteiger partial charge is 0.309 e. The molecule has 0 unspecified atom stereocenters. The number of amides is 2. The monoisotopic (exact) mass is 328 g/mol. The molecule has 2 aromatic rings. The highest BCUT2D eigenvalue weighted by atomic mass is 16.3. The summed E-state index contributed by atoms with van der Waals surface area (Å²) >= 11 is 0. The maximum Gasteiger partial charge on any atom is 0.309 e. The summed E-state index contributed by atoms with van der Waals surface area (Å²) in [5.74, 6) is -1.71.